The third-order valence-corrected chi connectivity index (χ3v) is 3.42. The van der Waals surface area contributed by atoms with Crippen LogP contribution >= 0.6 is 11.3 Å². The zero-order valence-corrected chi connectivity index (χ0v) is 10.4. The van der Waals surface area contributed by atoms with Crippen LogP contribution in [0.2, 0.25) is 0 Å². The standard InChI is InChI=1S/C11H11N3O3S/c1-6-9(11(16)17)18-8(14-6)5-13-10(15)7-3-2-4-12-7/h2-4,12H,5H2,1H3,(H,13,15)(H,16,17). The molecule has 2 aromatic rings. The van der Waals surface area contributed by atoms with E-state index in [0.29, 0.717) is 16.4 Å². The highest BCUT2D eigenvalue weighted by Gasteiger charge is 2.14. The summed E-state index contributed by atoms with van der Waals surface area (Å²) in [6.45, 7) is 1.85. The Morgan fingerprint density at radius 1 is 1.56 bits per heavy atom. The number of hydrogen-bond donors (Lipinski definition) is 3. The number of aromatic nitrogens is 2. The molecule has 0 saturated heterocycles. The van der Waals surface area contributed by atoms with E-state index in [0.717, 1.165) is 11.3 Å². The molecule has 1 amide bonds. The summed E-state index contributed by atoms with van der Waals surface area (Å²) in [4.78, 5) is 29.6. The second-order valence-corrected chi connectivity index (χ2v) is 4.68. The van der Waals surface area contributed by atoms with Crippen LogP contribution in [0.1, 0.15) is 30.9 Å². The topological polar surface area (TPSA) is 95.1 Å². The summed E-state index contributed by atoms with van der Waals surface area (Å²) in [6.07, 6.45) is 1.66. The number of rotatable bonds is 4. The summed E-state index contributed by atoms with van der Waals surface area (Å²) >= 11 is 1.07. The average Bonchev–Trinajstić information content (AvgIpc) is 2.94. The fraction of sp³-hybridized carbons (Fsp3) is 0.182. The average molecular weight is 265 g/mol. The number of aromatic amines is 1. The van der Waals surface area contributed by atoms with Crippen molar-refractivity contribution in [2.75, 3.05) is 0 Å². The summed E-state index contributed by atoms with van der Waals surface area (Å²) < 4.78 is 0. The third-order valence-electron chi connectivity index (χ3n) is 2.28. The molecule has 7 heteroatoms. The Hall–Kier alpha value is -2.15. The smallest absolute Gasteiger partial charge is 0.347 e. The molecule has 6 nitrogen and oxygen atoms in total. The molecule has 0 aliphatic carbocycles. The van der Waals surface area contributed by atoms with Crippen molar-refractivity contribution in [1.82, 2.24) is 15.3 Å². The highest BCUT2D eigenvalue weighted by molar-refractivity contribution is 7.13. The van der Waals surface area contributed by atoms with Crippen molar-refractivity contribution in [2.45, 2.75) is 13.5 Å². The lowest BCUT2D eigenvalue weighted by Gasteiger charge is -2.00. The summed E-state index contributed by atoms with van der Waals surface area (Å²) in [5.41, 5.74) is 0.929. The number of amides is 1. The summed E-state index contributed by atoms with van der Waals surface area (Å²) in [6, 6.07) is 3.39. The predicted molar refractivity (Wildman–Crippen MR) is 65.8 cm³/mol. The van der Waals surface area contributed by atoms with E-state index in [1.807, 2.05) is 0 Å². The Morgan fingerprint density at radius 3 is 2.89 bits per heavy atom. The van der Waals surface area contributed by atoms with Gasteiger partial charge >= 0.3 is 5.97 Å². The lowest BCUT2D eigenvalue weighted by molar-refractivity contribution is 0.0701. The fourth-order valence-electron chi connectivity index (χ4n) is 1.45. The number of thiazole rings is 1. The first-order valence-corrected chi connectivity index (χ1v) is 6.00. The molecule has 0 aromatic carbocycles. The van der Waals surface area contributed by atoms with Gasteiger partial charge in [0.1, 0.15) is 15.6 Å². The summed E-state index contributed by atoms with van der Waals surface area (Å²) in [5.74, 6) is -1.24. The van der Waals surface area contributed by atoms with Crippen LogP contribution in [0.15, 0.2) is 18.3 Å². The molecule has 94 valence electrons. The number of nitrogens with one attached hydrogen (secondary N) is 2. The van der Waals surface area contributed by atoms with Gasteiger partial charge in [-0.25, -0.2) is 9.78 Å². The van der Waals surface area contributed by atoms with Crippen molar-refractivity contribution in [3.05, 3.63) is 39.6 Å². The number of aromatic carboxylic acids is 1. The molecule has 0 aliphatic rings. The molecule has 0 saturated carbocycles. The zero-order valence-electron chi connectivity index (χ0n) is 9.56. The first kappa shape index (κ1) is 12.3. The van der Waals surface area contributed by atoms with E-state index in [-0.39, 0.29) is 17.3 Å². The first-order chi connectivity index (χ1) is 8.58. The molecule has 0 fully saturated rings. The van der Waals surface area contributed by atoms with Gasteiger partial charge in [-0.05, 0) is 19.1 Å². The molecule has 0 radical (unpaired) electrons. The molecule has 18 heavy (non-hydrogen) atoms. The van der Waals surface area contributed by atoms with E-state index in [2.05, 4.69) is 15.3 Å². The van der Waals surface area contributed by atoms with Crippen LogP contribution in [0.25, 0.3) is 0 Å². The molecule has 0 atom stereocenters. The van der Waals surface area contributed by atoms with Gasteiger partial charge in [-0.2, -0.15) is 0 Å². The van der Waals surface area contributed by atoms with Gasteiger partial charge in [-0.3, -0.25) is 4.79 Å². The van der Waals surface area contributed by atoms with Gasteiger partial charge in [0, 0.05) is 6.20 Å². The first-order valence-electron chi connectivity index (χ1n) is 5.19. The van der Waals surface area contributed by atoms with E-state index in [1.54, 1.807) is 25.3 Å². The van der Waals surface area contributed by atoms with E-state index < -0.39 is 5.97 Å². The van der Waals surface area contributed by atoms with E-state index >= 15 is 0 Å². The number of carboxylic acid groups (broad SMARTS) is 1. The molecule has 3 N–H and O–H groups in total. The lowest BCUT2D eigenvalue weighted by atomic mass is 10.4. The molecular formula is C11H11N3O3S. The van der Waals surface area contributed by atoms with Gasteiger partial charge in [0.25, 0.3) is 5.91 Å². The quantitative estimate of drug-likeness (QED) is 0.778. The number of carbonyl (C=O) groups excluding carboxylic acids is 1. The summed E-state index contributed by atoms with van der Waals surface area (Å²) in [5, 5.41) is 12.1. The Bertz CT molecular complexity index is 574. The second kappa shape index (κ2) is 5.01. The minimum absolute atomic E-state index is 0.208. The van der Waals surface area contributed by atoms with Crippen LogP contribution in [0, 0.1) is 6.92 Å². The Morgan fingerprint density at radius 2 is 2.33 bits per heavy atom. The van der Waals surface area contributed by atoms with Gasteiger partial charge in [0.05, 0.1) is 12.2 Å². The number of H-pyrrole nitrogens is 1. The number of hydrogen-bond acceptors (Lipinski definition) is 4. The van der Waals surface area contributed by atoms with Crippen molar-refractivity contribution < 1.29 is 14.7 Å². The van der Waals surface area contributed by atoms with Crippen molar-refractivity contribution in [3.63, 3.8) is 0 Å². The van der Waals surface area contributed by atoms with Crippen LogP contribution in [0.3, 0.4) is 0 Å². The van der Waals surface area contributed by atoms with Gasteiger partial charge < -0.3 is 15.4 Å². The molecule has 0 aliphatic heterocycles. The molecule has 2 heterocycles. The third kappa shape index (κ3) is 2.57. The minimum atomic E-state index is -0.994. The van der Waals surface area contributed by atoms with E-state index in [4.69, 9.17) is 5.11 Å². The highest BCUT2D eigenvalue weighted by Crippen LogP contribution is 2.17. The normalized spacial score (nSPS) is 10.3. The fourth-order valence-corrected chi connectivity index (χ4v) is 2.29. The zero-order chi connectivity index (χ0) is 13.1. The molecule has 0 unspecified atom stereocenters. The van der Waals surface area contributed by atoms with Crippen LogP contribution < -0.4 is 5.32 Å². The maximum absolute atomic E-state index is 11.6. The van der Waals surface area contributed by atoms with Crippen LogP contribution in [0.4, 0.5) is 0 Å². The number of aryl methyl sites for hydroxylation is 1. The molecule has 2 rings (SSSR count). The predicted octanol–water partition coefficient (Wildman–Crippen LogP) is 1.41. The van der Waals surface area contributed by atoms with Gasteiger partial charge in [-0.15, -0.1) is 11.3 Å². The van der Waals surface area contributed by atoms with E-state index in [9.17, 15) is 9.59 Å². The van der Waals surface area contributed by atoms with E-state index in [1.165, 1.54) is 0 Å². The van der Waals surface area contributed by atoms with Crippen molar-refractivity contribution >= 4 is 23.2 Å². The minimum Gasteiger partial charge on any atom is -0.477 e. The van der Waals surface area contributed by atoms with Crippen molar-refractivity contribution in [3.8, 4) is 0 Å². The van der Waals surface area contributed by atoms with Gasteiger partial charge in [0.15, 0.2) is 0 Å². The summed E-state index contributed by atoms with van der Waals surface area (Å²) in [7, 11) is 0. The van der Waals surface area contributed by atoms with Gasteiger partial charge in [-0.1, -0.05) is 0 Å². The van der Waals surface area contributed by atoms with Crippen molar-refractivity contribution in [1.29, 1.82) is 0 Å². The molecule has 2 aromatic heterocycles. The van der Waals surface area contributed by atoms with Crippen LogP contribution in [-0.2, 0) is 6.54 Å². The number of carboxylic acids is 1. The SMILES string of the molecule is Cc1nc(CNC(=O)c2ccc[nH]2)sc1C(=O)O. The Balaban J connectivity index is 2.01. The molecular weight excluding hydrogens is 254 g/mol. The molecule has 0 spiro atoms. The van der Waals surface area contributed by atoms with Crippen LogP contribution in [-0.4, -0.2) is 27.0 Å². The molecule has 0 bridgehead atoms. The van der Waals surface area contributed by atoms with Gasteiger partial charge in [0.2, 0.25) is 0 Å². The lowest BCUT2D eigenvalue weighted by Crippen LogP contribution is -2.22. The van der Waals surface area contributed by atoms with Crippen molar-refractivity contribution in [2.24, 2.45) is 0 Å². The maximum atomic E-state index is 11.6. The number of carbonyl (C=O) groups is 2. The Labute approximate surface area is 107 Å². The largest absolute Gasteiger partial charge is 0.477 e. The Kier molecular flexibility index (Phi) is 3.42. The monoisotopic (exact) mass is 265 g/mol. The highest BCUT2D eigenvalue weighted by atomic mass is 32.1. The van der Waals surface area contributed by atoms with Crippen LogP contribution in [0.5, 0.6) is 0 Å². The number of nitrogens with zero attached hydrogens (tertiary/aromatic N) is 1. The second-order valence-electron chi connectivity index (χ2n) is 3.59. The maximum Gasteiger partial charge on any atom is 0.347 e.